The fourth-order valence-electron chi connectivity index (χ4n) is 4.87. The van der Waals surface area contributed by atoms with Crippen LogP contribution in [-0.2, 0) is 15.8 Å². The van der Waals surface area contributed by atoms with E-state index in [9.17, 15) is 13.2 Å². The summed E-state index contributed by atoms with van der Waals surface area (Å²) in [6.07, 6.45) is 8.96. The number of hydrogen-bond acceptors (Lipinski definition) is 7. The fraction of sp³-hybridized carbons (Fsp3) is 0.345. The summed E-state index contributed by atoms with van der Waals surface area (Å²) in [7, 11) is -3.53. The third-order valence-electron chi connectivity index (χ3n) is 7.70. The average Bonchev–Trinajstić information content (AvgIpc) is 3.45. The van der Waals surface area contributed by atoms with Crippen molar-refractivity contribution in [2.24, 2.45) is 5.41 Å². The van der Waals surface area contributed by atoms with Crippen molar-refractivity contribution < 1.29 is 13.2 Å². The van der Waals surface area contributed by atoms with Crippen LogP contribution in [0.1, 0.15) is 25.3 Å². The van der Waals surface area contributed by atoms with Gasteiger partial charge in [0.05, 0.1) is 30.6 Å². The first kappa shape index (κ1) is 27.5. The first-order valence-corrected chi connectivity index (χ1v) is 15.5. The van der Waals surface area contributed by atoms with E-state index in [1.807, 2.05) is 39.9 Å². The van der Waals surface area contributed by atoms with E-state index in [0.717, 1.165) is 24.1 Å². The zero-order chi connectivity index (χ0) is 28.6. The average molecular weight is 595 g/mol. The van der Waals surface area contributed by atoms with Crippen molar-refractivity contribution >= 4 is 27.3 Å². The lowest BCUT2D eigenvalue weighted by molar-refractivity contribution is 0.242. The van der Waals surface area contributed by atoms with E-state index in [1.165, 1.54) is 8.99 Å². The summed E-state index contributed by atoms with van der Waals surface area (Å²) in [5, 5.41) is 4.92. The van der Waals surface area contributed by atoms with Gasteiger partial charge in [-0.1, -0.05) is 36.7 Å². The summed E-state index contributed by atoms with van der Waals surface area (Å²) in [6, 6.07) is 14.4. The number of sulfonamides is 1. The molecule has 6 rings (SSSR count). The van der Waals surface area contributed by atoms with E-state index < -0.39 is 10.0 Å². The highest BCUT2D eigenvalue weighted by atomic mass is 35.5. The molecule has 1 saturated carbocycles. The summed E-state index contributed by atoms with van der Waals surface area (Å²) in [5.74, 6) is 0.142. The summed E-state index contributed by atoms with van der Waals surface area (Å²) in [6.45, 7) is 3.98. The van der Waals surface area contributed by atoms with Crippen molar-refractivity contribution in [3.05, 3.63) is 94.4 Å². The minimum atomic E-state index is -3.53. The predicted molar refractivity (Wildman–Crippen MR) is 158 cm³/mol. The topological polar surface area (TPSA) is 103 Å². The molecule has 41 heavy (non-hydrogen) atoms. The molecule has 2 fully saturated rings. The van der Waals surface area contributed by atoms with Crippen LogP contribution in [0.3, 0.4) is 0 Å². The van der Waals surface area contributed by atoms with Gasteiger partial charge in [-0.15, -0.1) is 0 Å². The third kappa shape index (κ3) is 6.02. The van der Waals surface area contributed by atoms with E-state index in [-0.39, 0.29) is 22.5 Å². The maximum absolute atomic E-state index is 13.6. The van der Waals surface area contributed by atoms with Crippen molar-refractivity contribution in [1.29, 1.82) is 0 Å². The van der Waals surface area contributed by atoms with Crippen molar-refractivity contribution in [3.8, 4) is 17.1 Å². The Morgan fingerprint density at radius 3 is 2.44 bits per heavy atom. The minimum Gasteiger partial charge on any atom is -0.486 e. The normalized spacial score (nSPS) is 17.0. The Morgan fingerprint density at radius 1 is 1.02 bits per heavy atom. The molecule has 3 heterocycles. The molecule has 0 spiro atoms. The van der Waals surface area contributed by atoms with E-state index in [4.69, 9.17) is 16.3 Å². The first-order chi connectivity index (χ1) is 19.7. The van der Waals surface area contributed by atoms with Crippen LogP contribution in [0.4, 0.5) is 5.69 Å². The molecule has 1 saturated heterocycles. The molecule has 2 aromatic carbocycles. The predicted octanol–water partition coefficient (Wildman–Crippen LogP) is 3.90. The lowest BCUT2D eigenvalue weighted by Crippen LogP contribution is -2.49. The summed E-state index contributed by atoms with van der Waals surface area (Å²) < 4.78 is 37.4. The molecule has 2 aromatic heterocycles. The minimum absolute atomic E-state index is 0.0671. The van der Waals surface area contributed by atoms with Gasteiger partial charge in [-0.3, -0.25) is 4.79 Å². The Balaban J connectivity index is 1.18. The summed E-state index contributed by atoms with van der Waals surface area (Å²) in [5.41, 5.74) is 2.45. The quantitative estimate of drug-likeness (QED) is 0.290. The van der Waals surface area contributed by atoms with Gasteiger partial charge < -0.3 is 14.2 Å². The van der Waals surface area contributed by atoms with Gasteiger partial charge in [0, 0.05) is 54.7 Å². The maximum Gasteiger partial charge on any atom is 0.316 e. The number of aromatic nitrogens is 4. The first-order valence-electron chi connectivity index (χ1n) is 13.5. The maximum atomic E-state index is 13.6. The number of rotatable bonds is 9. The largest absolute Gasteiger partial charge is 0.486 e. The van der Waals surface area contributed by atoms with Crippen LogP contribution < -0.4 is 15.2 Å². The molecule has 2 aliphatic rings. The van der Waals surface area contributed by atoms with E-state index in [2.05, 4.69) is 17.0 Å². The Kier molecular flexibility index (Phi) is 7.35. The molecule has 1 aliphatic carbocycles. The van der Waals surface area contributed by atoms with Gasteiger partial charge in [-0.2, -0.15) is 14.1 Å². The van der Waals surface area contributed by atoms with Gasteiger partial charge in [-0.05, 0) is 48.7 Å². The Morgan fingerprint density at radius 2 is 1.78 bits per heavy atom. The third-order valence-corrected chi connectivity index (χ3v) is 9.78. The highest BCUT2D eigenvalue weighted by Crippen LogP contribution is 2.45. The Hall–Kier alpha value is -3.67. The molecular weight excluding hydrogens is 564 g/mol. The molecule has 0 atom stereocenters. The van der Waals surface area contributed by atoms with Crippen LogP contribution >= 0.6 is 11.6 Å². The SMILES string of the molecule is CC1(COc2c(N3CCN(S(=O)(=O)Cc4ccc(-n5ccnc5)cc4)CC3)cnn(-c3cccc(Cl)c3)c2=O)CC1. The smallest absolute Gasteiger partial charge is 0.316 e. The molecule has 12 heteroatoms. The van der Waals surface area contributed by atoms with Crippen LogP contribution in [0.25, 0.3) is 11.4 Å². The highest BCUT2D eigenvalue weighted by Gasteiger charge is 2.39. The van der Waals surface area contributed by atoms with Gasteiger partial charge in [0.25, 0.3) is 0 Å². The molecule has 0 unspecified atom stereocenters. The van der Waals surface area contributed by atoms with Crippen molar-refractivity contribution in [3.63, 3.8) is 0 Å². The van der Waals surface area contributed by atoms with Crippen LogP contribution in [-0.4, -0.2) is 64.8 Å². The lowest BCUT2D eigenvalue weighted by Gasteiger charge is -2.35. The number of nitrogens with zero attached hydrogens (tertiary/aromatic N) is 6. The number of anilines is 1. The number of imidazole rings is 1. The van der Waals surface area contributed by atoms with Crippen LogP contribution in [0, 0.1) is 5.41 Å². The molecular formula is C29H31ClN6O4S. The molecule has 0 radical (unpaired) electrons. The number of hydrogen-bond donors (Lipinski definition) is 0. The molecule has 214 valence electrons. The second-order valence-electron chi connectivity index (χ2n) is 10.9. The second kappa shape index (κ2) is 11.0. The zero-order valence-corrected chi connectivity index (χ0v) is 24.3. The summed E-state index contributed by atoms with van der Waals surface area (Å²) >= 11 is 6.16. The van der Waals surface area contributed by atoms with Crippen molar-refractivity contribution in [1.82, 2.24) is 23.6 Å². The van der Waals surface area contributed by atoms with Crippen molar-refractivity contribution in [2.75, 3.05) is 37.7 Å². The summed E-state index contributed by atoms with van der Waals surface area (Å²) in [4.78, 5) is 19.6. The molecule has 0 amide bonds. The fourth-order valence-corrected chi connectivity index (χ4v) is 6.57. The van der Waals surface area contributed by atoms with Crippen LogP contribution in [0.2, 0.25) is 5.02 Å². The lowest BCUT2D eigenvalue weighted by atomic mass is 10.2. The molecule has 10 nitrogen and oxygen atoms in total. The van der Waals surface area contributed by atoms with Gasteiger partial charge in [0.2, 0.25) is 15.8 Å². The molecule has 1 aliphatic heterocycles. The number of benzene rings is 2. The Labute approximate surface area is 243 Å². The highest BCUT2D eigenvalue weighted by molar-refractivity contribution is 7.88. The van der Waals surface area contributed by atoms with Gasteiger partial charge >= 0.3 is 5.56 Å². The molecule has 0 bridgehead atoms. The molecule has 0 N–H and O–H groups in total. The van der Waals surface area contributed by atoms with E-state index >= 15 is 0 Å². The van der Waals surface area contributed by atoms with Crippen molar-refractivity contribution in [2.45, 2.75) is 25.5 Å². The van der Waals surface area contributed by atoms with Gasteiger partial charge in [0.15, 0.2) is 0 Å². The van der Waals surface area contributed by atoms with Gasteiger partial charge in [-0.25, -0.2) is 13.4 Å². The Bertz CT molecular complexity index is 1690. The van der Waals surface area contributed by atoms with Crippen LogP contribution in [0.15, 0.2) is 78.2 Å². The zero-order valence-electron chi connectivity index (χ0n) is 22.7. The molecule has 4 aromatic rings. The second-order valence-corrected chi connectivity index (χ2v) is 13.3. The van der Waals surface area contributed by atoms with Crippen LogP contribution in [0.5, 0.6) is 5.75 Å². The number of ether oxygens (including phenoxy) is 1. The monoisotopic (exact) mass is 594 g/mol. The standard InChI is InChI=1S/C29H31ClN6O4S/c1-29(9-10-29)20-40-27-26(18-32-36(28(27)37)25-4-2-3-23(30)17-25)33-13-15-35(16-14-33)41(38,39)19-22-5-7-24(8-6-22)34-12-11-31-21-34/h2-8,11-12,17-18,21H,9-10,13-16,19-20H2,1H3. The number of piperazine rings is 1. The number of halogens is 1. The van der Waals surface area contributed by atoms with E-state index in [1.54, 1.807) is 43.0 Å². The van der Waals surface area contributed by atoms with E-state index in [0.29, 0.717) is 49.2 Å². The van der Waals surface area contributed by atoms with Gasteiger partial charge in [0.1, 0.15) is 5.69 Å².